The summed E-state index contributed by atoms with van der Waals surface area (Å²) in [5.74, 6) is 2.04. The highest BCUT2D eigenvalue weighted by atomic mass is 15.2. The summed E-state index contributed by atoms with van der Waals surface area (Å²) < 4.78 is 0. The van der Waals surface area contributed by atoms with Crippen molar-refractivity contribution in [3.63, 3.8) is 0 Å². The Morgan fingerprint density at radius 3 is 2.78 bits per heavy atom. The van der Waals surface area contributed by atoms with Gasteiger partial charge in [0.05, 0.1) is 6.20 Å². The lowest BCUT2D eigenvalue weighted by Gasteiger charge is -2.08. The Balaban J connectivity index is 1.80. The van der Waals surface area contributed by atoms with Gasteiger partial charge in [-0.3, -0.25) is 4.98 Å². The van der Waals surface area contributed by atoms with E-state index in [1.165, 1.54) is 12.8 Å². The van der Waals surface area contributed by atoms with Crippen molar-refractivity contribution in [3.05, 3.63) is 30.4 Å². The summed E-state index contributed by atoms with van der Waals surface area (Å²) in [6, 6.07) is 2.52. The zero-order valence-corrected chi connectivity index (χ0v) is 10.1. The van der Waals surface area contributed by atoms with Crippen LogP contribution in [0.1, 0.15) is 18.5 Å². The van der Waals surface area contributed by atoms with E-state index in [0.29, 0.717) is 17.8 Å². The van der Waals surface area contributed by atoms with Crippen LogP contribution in [-0.2, 0) is 0 Å². The number of aryl methyl sites for hydroxylation is 1. The highest BCUT2D eigenvalue weighted by Gasteiger charge is 2.21. The van der Waals surface area contributed by atoms with E-state index in [0.717, 1.165) is 11.5 Å². The highest BCUT2D eigenvalue weighted by molar-refractivity contribution is 5.50. The van der Waals surface area contributed by atoms with Crippen LogP contribution in [0, 0.1) is 6.92 Å². The minimum Gasteiger partial charge on any atom is -0.367 e. The van der Waals surface area contributed by atoms with E-state index < -0.39 is 0 Å². The SMILES string of the molecule is Cc1cc(NC2CC2)nc(Nc2cnccn2)n1. The molecule has 0 atom stereocenters. The third-order valence-corrected chi connectivity index (χ3v) is 2.59. The van der Waals surface area contributed by atoms with Crippen LogP contribution >= 0.6 is 0 Å². The molecule has 0 amide bonds. The van der Waals surface area contributed by atoms with Crippen LogP contribution in [0.4, 0.5) is 17.6 Å². The Bertz CT molecular complexity index is 538. The normalized spacial score (nSPS) is 14.3. The van der Waals surface area contributed by atoms with Gasteiger partial charge in [0, 0.05) is 30.2 Å². The van der Waals surface area contributed by atoms with Gasteiger partial charge in [0.25, 0.3) is 0 Å². The highest BCUT2D eigenvalue weighted by Crippen LogP contribution is 2.24. The molecule has 0 radical (unpaired) electrons. The van der Waals surface area contributed by atoms with Gasteiger partial charge in [-0.05, 0) is 19.8 Å². The summed E-state index contributed by atoms with van der Waals surface area (Å²) >= 11 is 0. The molecule has 0 unspecified atom stereocenters. The molecule has 0 saturated heterocycles. The molecule has 1 saturated carbocycles. The van der Waals surface area contributed by atoms with Crippen molar-refractivity contribution in [2.75, 3.05) is 10.6 Å². The smallest absolute Gasteiger partial charge is 0.230 e. The van der Waals surface area contributed by atoms with Crippen LogP contribution in [0.5, 0.6) is 0 Å². The molecule has 18 heavy (non-hydrogen) atoms. The fraction of sp³-hybridized carbons (Fsp3) is 0.333. The van der Waals surface area contributed by atoms with Gasteiger partial charge in [-0.2, -0.15) is 4.98 Å². The monoisotopic (exact) mass is 242 g/mol. The maximum absolute atomic E-state index is 4.41. The molecule has 1 fully saturated rings. The number of rotatable bonds is 4. The van der Waals surface area contributed by atoms with Crippen molar-refractivity contribution in [2.24, 2.45) is 0 Å². The van der Waals surface area contributed by atoms with Gasteiger partial charge in [0.1, 0.15) is 5.82 Å². The predicted octanol–water partition coefficient (Wildman–Crippen LogP) is 1.89. The standard InChI is InChI=1S/C12H14N6/c1-8-6-10(16-9-2-3-9)17-12(15-8)18-11-7-13-4-5-14-11/h4-7,9H,2-3H2,1H3,(H2,14,15,16,17,18). The Morgan fingerprint density at radius 1 is 1.17 bits per heavy atom. The van der Waals surface area contributed by atoms with Crippen molar-refractivity contribution in [1.82, 2.24) is 19.9 Å². The van der Waals surface area contributed by atoms with E-state index >= 15 is 0 Å². The first kappa shape index (κ1) is 10.9. The van der Waals surface area contributed by atoms with Crippen LogP contribution < -0.4 is 10.6 Å². The van der Waals surface area contributed by atoms with Crippen LogP contribution in [0.2, 0.25) is 0 Å². The first-order valence-electron chi connectivity index (χ1n) is 5.95. The zero-order valence-electron chi connectivity index (χ0n) is 10.1. The van der Waals surface area contributed by atoms with Crippen molar-refractivity contribution >= 4 is 17.6 Å². The molecule has 0 aromatic carbocycles. The molecule has 6 heteroatoms. The maximum atomic E-state index is 4.41. The lowest BCUT2D eigenvalue weighted by molar-refractivity contribution is 1.05. The first-order valence-corrected chi connectivity index (χ1v) is 5.95. The second kappa shape index (κ2) is 4.56. The van der Waals surface area contributed by atoms with E-state index in [1.54, 1.807) is 18.6 Å². The van der Waals surface area contributed by atoms with Crippen molar-refractivity contribution in [3.8, 4) is 0 Å². The van der Waals surface area contributed by atoms with Gasteiger partial charge < -0.3 is 10.6 Å². The summed E-state index contributed by atoms with van der Waals surface area (Å²) in [5, 5.41) is 6.40. The quantitative estimate of drug-likeness (QED) is 0.852. The minimum absolute atomic E-state index is 0.540. The van der Waals surface area contributed by atoms with Gasteiger partial charge in [-0.25, -0.2) is 9.97 Å². The molecule has 2 heterocycles. The van der Waals surface area contributed by atoms with Gasteiger partial charge in [-0.15, -0.1) is 0 Å². The first-order chi connectivity index (χ1) is 8.79. The fourth-order valence-corrected chi connectivity index (χ4v) is 1.61. The summed E-state index contributed by atoms with van der Waals surface area (Å²) in [4.78, 5) is 16.9. The number of aromatic nitrogens is 4. The largest absolute Gasteiger partial charge is 0.367 e. The van der Waals surface area contributed by atoms with Gasteiger partial charge >= 0.3 is 0 Å². The lowest BCUT2D eigenvalue weighted by atomic mass is 10.4. The van der Waals surface area contributed by atoms with E-state index in [4.69, 9.17) is 0 Å². The molecule has 6 nitrogen and oxygen atoms in total. The average Bonchev–Trinajstić information content (AvgIpc) is 3.13. The van der Waals surface area contributed by atoms with Gasteiger partial charge in [0.2, 0.25) is 5.95 Å². The summed E-state index contributed by atoms with van der Waals surface area (Å²) in [7, 11) is 0. The molecule has 2 aromatic heterocycles. The Hall–Kier alpha value is -2.24. The van der Waals surface area contributed by atoms with Crippen LogP contribution in [0.25, 0.3) is 0 Å². The number of hydrogen-bond acceptors (Lipinski definition) is 6. The maximum Gasteiger partial charge on any atom is 0.230 e. The van der Waals surface area contributed by atoms with Crippen LogP contribution in [-0.4, -0.2) is 26.0 Å². The molecule has 1 aliphatic rings. The minimum atomic E-state index is 0.540. The molecule has 0 spiro atoms. The van der Waals surface area contributed by atoms with Crippen molar-refractivity contribution in [1.29, 1.82) is 0 Å². The number of anilines is 3. The molecular weight excluding hydrogens is 228 g/mol. The molecule has 0 aliphatic heterocycles. The zero-order chi connectivity index (χ0) is 12.4. The summed E-state index contributed by atoms with van der Waals surface area (Å²) in [6.07, 6.45) is 7.33. The number of nitrogens with zero attached hydrogens (tertiary/aromatic N) is 4. The van der Waals surface area contributed by atoms with Gasteiger partial charge in [-0.1, -0.05) is 0 Å². The Morgan fingerprint density at radius 2 is 2.06 bits per heavy atom. The third kappa shape index (κ3) is 2.71. The van der Waals surface area contributed by atoms with Crippen LogP contribution in [0.15, 0.2) is 24.7 Å². The Labute approximate surface area is 105 Å². The second-order valence-corrected chi connectivity index (χ2v) is 4.35. The van der Waals surface area contributed by atoms with Crippen molar-refractivity contribution < 1.29 is 0 Å². The van der Waals surface area contributed by atoms with Crippen molar-refractivity contribution in [2.45, 2.75) is 25.8 Å². The molecule has 3 rings (SSSR count). The molecule has 2 aromatic rings. The summed E-state index contributed by atoms with van der Waals surface area (Å²) in [6.45, 7) is 1.95. The van der Waals surface area contributed by atoms with Crippen LogP contribution in [0.3, 0.4) is 0 Å². The number of nitrogens with one attached hydrogen (secondary N) is 2. The van der Waals surface area contributed by atoms with E-state index in [9.17, 15) is 0 Å². The Kier molecular flexibility index (Phi) is 2.76. The third-order valence-electron chi connectivity index (χ3n) is 2.59. The summed E-state index contributed by atoms with van der Waals surface area (Å²) in [5.41, 5.74) is 0.916. The molecule has 2 N–H and O–H groups in total. The topological polar surface area (TPSA) is 75.6 Å². The fourth-order valence-electron chi connectivity index (χ4n) is 1.61. The molecule has 92 valence electrons. The second-order valence-electron chi connectivity index (χ2n) is 4.35. The number of hydrogen-bond donors (Lipinski definition) is 2. The van der Waals surface area contributed by atoms with E-state index in [2.05, 4.69) is 30.6 Å². The van der Waals surface area contributed by atoms with E-state index in [1.807, 2.05) is 13.0 Å². The average molecular weight is 242 g/mol. The molecule has 1 aliphatic carbocycles. The van der Waals surface area contributed by atoms with Gasteiger partial charge in [0.15, 0.2) is 5.82 Å². The predicted molar refractivity (Wildman–Crippen MR) is 68.7 cm³/mol. The molecular formula is C12H14N6. The molecule has 0 bridgehead atoms. The van der Waals surface area contributed by atoms with E-state index in [-0.39, 0.29) is 0 Å². The lowest BCUT2D eigenvalue weighted by Crippen LogP contribution is -2.07.